The summed E-state index contributed by atoms with van der Waals surface area (Å²) in [5.41, 5.74) is 3.93. The van der Waals surface area contributed by atoms with E-state index in [1.54, 1.807) is 0 Å². The number of hydrogen-bond donors (Lipinski definition) is 0. The molecule has 0 aromatic heterocycles. The maximum absolute atomic E-state index is 2.21. The maximum Gasteiger partial charge on any atom is -0.0376 e. The maximum atomic E-state index is 2.21. The van der Waals surface area contributed by atoms with Gasteiger partial charge in [-0.2, -0.15) is 0 Å². The Kier molecular flexibility index (Phi) is 6.82. The summed E-state index contributed by atoms with van der Waals surface area (Å²) in [6.45, 7) is 10.6. The SMILES string of the molecule is C\C=C(C)/C=C(C)/C=C(C)\C=C/CC. The first-order valence-electron chi connectivity index (χ1n) is 5.26. The second-order valence-corrected chi connectivity index (χ2v) is 3.62. The Morgan fingerprint density at radius 1 is 0.929 bits per heavy atom. The molecule has 0 N–H and O–H groups in total. The molecule has 0 aliphatic rings. The molecular weight excluding hydrogens is 168 g/mol. The molecule has 0 aromatic carbocycles. The fourth-order valence-corrected chi connectivity index (χ4v) is 1.20. The minimum Gasteiger partial charge on any atom is -0.0847 e. The summed E-state index contributed by atoms with van der Waals surface area (Å²) in [6, 6.07) is 0. The van der Waals surface area contributed by atoms with Crippen molar-refractivity contribution in [3.63, 3.8) is 0 Å². The molecule has 0 atom stereocenters. The van der Waals surface area contributed by atoms with Crippen LogP contribution in [0.5, 0.6) is 0 Å². The highest BCUT2D eigenvalue weighted by Gasteiger charge is 1.86. The zero-order valence-corrected chi connectivity index (χ0v) is 10.1. The highest BCUT2D eigenvalue weighted by atomic mass is 13.9. The van der Waals surface area contributed by atoms with Crippen molar-refractivity contribution in [2.75, 3.05) is 0 Å². The van der Waals surface area contributed by atoms with Crippen LogP contribution in [-0.4, -0.2) is 0 Å². The van der Waals surface area contributed by atoms with Crippen LogP contribution in [0, 0.1) is 0 Å². The van der Waals surface area contributed by atoms with Crippen molar-refractivity contribution < 1.29 is 0 Å². The molecule has 0 amide bonds. The van der Waals surface area contributed by atoms with Gasteiger partial charge in [-0.25, -0.2) is 0 Å². The zero-order valence-electron chi connectivity index (χ0n) is 10.1. The Hall–Kier alpha value is -1.04. The summed E-state index contributed by atoms with van der Waals surface area (Å²) in [6.07, 6.45) is 12.0. The van der Waals surface area contributed by atoms with Crippen molar-refractivity contribution >= 4 is 0 Å². The fraction of sp³-hybridized carbons (Fsp3) is 0.429. The van der Waals surface area contributed by atoms with Crippen LogP contribution in [0.4, 0.5) is 0 Å². The van der Waals surface area contributed by atoms with Gasteiger partial charge >= 0.3 is 0 Å². The van der Waals surface area contributed by atoms with Crippen molar-refractivity contribution in [1.29, 1.82) is 0 Å². The molecule has 0 saturated carbocycles. The van der Waals surface area contributed by atoms with Crippen LogP contribution in [0.15, 0.2) is 47.1 Å². The number of rotatable bonds is 4. The lowest BCUT2D eigenvalue weighted by atomic mass is 10.1. The minimum absolute atomic E-state index is 1.10. The summed E-state index contributed by atoms with van der Waals surface area (Å²) in [5.74, 6) is 0. The lowest BCUT2D eigenvalue weighted by Crippen LogP contribution is -1.75. The van der Waals surface area contributed by atoms with Crippen molar-refractivity contribution in [3.8, 4) is 0 Å². The molecule has 0 bridgehead atoms. The van der Waals surface area contributed by atoms with Gasteiger partial charge in [0.15, 0.2) is 0 Å². The third-order valence-electron chi connectivity index (χ3n) is 1.98. The third-order valence-corrected chi connectivity index (χ3v) is 1.98. The highest BCUT2D eigenvalue weighted by Crippen LogP contribution is 2.07. The van der Waals surface area contributed by atoms with Crippen LogP contribution in [0.3, 0.4) is 0 Å². The number of allylic oxidation sites excluding steroid dienone is 8. The zero-order chi connectivity index (χ0) is 11.0. The van der Waals surface area contributed by atoms with Gasteiger partial charge < -0.3 is 0 Å². The van der Waals surface area contributed by atoms with Gasteiger partial charge in [-0.05, 0) is 34.1 Å². The van der Waals surface area contributed by atoms with Gasteiger partial charge in [0.1, 0.15) is 0 Å². The minimum atomic E-state index is 1.10. The van der Waals surface area contributed by atoms with E-state index in [2.05, 4.69) is 65.0 Å². The van der Waals surface area contributed by atoms with Crippen LogP contribution >= 0.6 is 0 Å². The van der Waals surface area contributed by atoms with Crippen LogP contribution in [0.25, 0.3) is 0 Å². The molecule has 0 nitrogen and oxygen atoms in total. The molecule has 0 fully saturated rings. The van der Waals surface area contributed by atoms with E-state index < -0.39 is 0 Å². The van der Waals surface area contributed by atoms with Gasteiger partial charge in [-0.1, -0.05) is 54.0 Å². The first kappa shape index (κ1) is 13.0. The molecule has 0 aromatic rings. The quantitative estimate of drug-likeness (QED) is 0.558. The van der Waals surface area contributed by atoms with Crippen LogP contribution < -0.4 is 0 Å². The van der Waals surface area contributed by atoms with E-state index in [0.29, 0.717) is 0 Å². The molecule has 0 radical (unpaired) electrons. The first-order valence-corrected chi connectivity index (χ1v) is 5.26. The third kappa shape index (κ3) is 6.47. The first-order chi connectivity index (χ1) is 6.60. The normalized spacial score (nSPS) is 15.4. The molecule has 0 aliphatic heterocycles. The summed E-state index contributed by atoms with van der Waals surface area (Å²) in [4.78, 5) is 0. The van der Waals surface area contributed by atoms with E-state index in [0.717, 1.165) is 6.42 Å². The van der Waals surface area contributed by atoms with Crippen LogP contribution in [0.2, 0.25) is 0 Å². The summed E-state index contributed by atoms with van der Waals surface area (Å²) in [5, 5.41) is 0. The lowest BCUT2D eigenvalue weighted by Gasteiger charge is -1.96. The summed E-state index contributed by atoms with van der Waals surface area (Å²) >= 11 is 0. The molecule has 0 rings (SSSR count). The van der Waals surface area contributed by atoms with E-state index in [1.165, 1.54) is 16.7 Å². The van der Waals surface area contributed by atoms with Gasteiger partial charge in [-0.3, -0.25) is 0 Å². The van der Waals surface area contributed by atoms with E-state index in [9.17, 15) is 0 Å². The van der Waals surface area contributed by atoms with E-state index >= 15 is 0 Å². The molecule has 0 saturated heterocycles. The molecule has 0 spiro atoms. The van der Waals surface area contributed by atoms with Crippen molar-refractivity contribution in [2.24, 2.45) is 0 Å². The van der Waals surface area contributed by atoms with Crippen LogP contribution in [0.1, 0.15) is 41.0 Å². The van der Waals surface area contributed by atoms with E-state index in [4.69, 9.17) is 0 Å². The molecule has 0 unspecified atom stereocenters. The van der Waals surface area contributed by atoms with Crippen LogP contribution in [-0.2, 0) is 0 Å². The summed E-state index contributed by atoms with van der Waals surface area (Å²) in [7, 11) is 0. The van der Waals surface area contributed by atoms with Gasteiger partial charge in [0.25, 0.3) is 0 Å². The highest BCUT2D eigenvalue weighted by molar-refractivity contribution is 5.32. The largest absolute Gasteiger partial charge is 0.0847 e. The molecule has 0 heterocycles. The standard InChI is InChI=1S/C14H22/c1-6-8-9-13(4)11-14(5)10-12(3)7-2/h7-11H,6H2,1-5H3/b9-8-,12-7-,13-11-,14-10+. The summed E-state index contributed by atoms with van der Waals surface area (Å²) < 4.78 is 0. The molecule has 78 valence electrons. The molecule has 14 heavy (non-hydrogen) atoms. The smallest absolute Gasteiger partial charge is 0.0376 e. The average molecular weight is 190 g/mol. The second-order valence-electron chi connectivity index (χ2n) is 3.62. The predicted molar refractivity (Wildman–Crippen MR) is 66.4 cm³/mol. The molecule has 0 heteroatoms. The molecule has 0 aliphatic carbocycles. The van der Waals surface area contributed by atoms with Crippen molar-refractivity contribution in [1.82, 2.24) is 0 Å². The Morgan fingerprint density at radius 2 is 1.50 bits per heavy atom. The average Bonchev–Trinajstić information content (AvgIpc) is 2.14. The monoisotopic (exact) mass is 190 g/mol. The van der Waals surface area contributed by atoms with E-state index in [-0.39, 0.29) is 0 Å². The topological polar surface area (TPSA) is 0 Å². The Balaban J connectivity index is 4.49. The van der Waals surface area contributed by atoms with E-state index in [1.807, 2.05) is 0 Å². The van der Waals surface area contributed by atoms with Gasteiger partial charge in [0.05, 0.1) is 0 Å². The Labute approximate surface area is 88.7 Å². The van der Waals surface area contributed by atoms with Crippen molar-refractivity contribution in [3.05, 3.63) is 47.1 Å². The van der Waals surface area contributed by atoms with Gasteiger partial charge in [-0.15, -0.1) is 0 Å². The predicted octanol–water partition coefficient (Wildman–Crippen LogP) is 4.81. The molecular formula is C14H22. The Bertz CT molecular complexity index is 272. The van der Waals surface area contributed by atoms with Gasteiger partial charge in [0.2, 0.25) is 0 Å². The fourth-order valence-electron chi connectivity index (χ4n) is 1.20. The number of hydrogen-bond acceptors (Lipinski definition) is 0. The van der Waals surface area contributed by atoms with Gasteiger partial charge in [0, 0.05) is 0 Å². The lowest BCUT2D eigenvalue weighted by molar-refractivity contribution is 1.22. The second kappa shape index (κ2) is 7.37. The Morgan fingerprint density at radius 3 is 2.00 bits per heavy atom. The van der Waals surface area contributed by atoms with Crippen molar-refractivity contribution in [2.45, 2.75) is 41.0 Å².